The van der Waals surface area contributed by atoms with Gasteiger partial charge in [0, 0.05) is 5.75 Å². The van der Waals surface area contributed by atoms with Gasteiger partial charge in [-0.05, 0) is 24.0 Å². The van der Waals surface area contributed by atoms with E-state index in [1.807, 2.05) is 67.6 Å². The number of amides is 1. The smallest absolute Gasteiger partial charge is 0.328 e. The molecule has 2 atom stereocenters. The van der Waals surface area contributed by atoms with Crippen LogP contribution < -0.4 is 5.32 Å². The summed E-state index contributed by atoms with van der Waals surface area (Å²) in [7, 11) is -3.38. The summed E-state index contributed by atoms with van der Waals surface area (Å²) in [4.78, 5) is 25.8. The quantitative estimate of drug-likeness (QED) is 0.461. The molecule has 0 fully saturated rings. The molecule has 32 heavy (non-hydrogen) atoms. The van der Waals surface area contributed by atoms with Gasteiger partial charge in [0.1, 0.15) is 12.6 Å². The molecule has 0 heterocycles. The van der Waals surface area contributed by atoms with Crippen LogP contribution in [0.5, 0.6) is 0 Å². The predicted octanol–water partition coefficient (Wildman–Crippen LogP) is 3.70. The molecule has 174 valence electrons. The van der Waals surface area contributed by atoms with Crippen LogP contribution in [0.1, 0.15) is 44.2 Å². The highest BCUT2D eigenvalue weighted by Gasteiger charge is 2.29. The number of ether oxygens (including phenoxy) is 1. The molecule has 0 aliphatic heterocycles. The Hall–Kier alpha value is -2.67. The average molecular weight is 460 g/mol. The minimum Gasteiger partial charge on any atom is -0.459 e. The summed E-state index contributed by atoms with van der Waals surface area (Å²) in [6.07, 6.45) is 2.32. The summed E-state index contributed by atoms with van der Waals surface area (Å²) in [6, 6.07) is 17.8. The highest BCUT2D eigenvalue weighted by atomic mass is 32.2. The van der Waals surface area contributed by atoms with Crippen LogP contribution in [0, 0.1) is 5.92 Å². The van der Waals surface area contributed by atoms with Crippen LogP contribution >= 0.6 is 0 Å². The Bertz CT molecular complexity index is 945. The van der Waals surface area contributed by atoms with E-state index >= 15 is 0 Å². The monoisotopic (exact) mass is 459 g/mol. The maximum Gasteiger partial charge on any atom is 0.328 e. The summed E-state index contributed by atoms with van der Waals surface area (Å²) in [5.41, 5.74) is 1.73. The first-order chi connectivity index (χ1) is 15.3. The lowest BCUT2D eigenvalue weighted by molar-refractivity contribution is -0.149. The number of benzene rings is 2. The van der Waals surface area contributed by atoms with Gasteiger partial charge in [0.25, 0.3) is 0 Å². The van der Waals surface area contributed by atoms with E-state index in [2.05, 4.69) is 5.32 Å². The van der Waals surface area contributed by atoms with Crippen molar-refractivity contribution in [2.75, 3.05) is 11.5 Å². The highest BCUT2D eigenvalue weighted by Crippen LogP contribution is 2.14. The van der Waals surface area contributed by atoms with E-state index in [9.17, 15) is 18.0 Å². The second-order valence-corrected chi connectivity index (χ2v) is 10.3. The number of hydrogen-bond acceptors (Lipinski definition) is 5. The zero-order valence-corrected chi connectivity index (χ0v) is 19.6. The fourth-order valence-electron chi connectivity index (χ4n) is 3.33. The van der Waals surface area contributed by atoms with Crippen molar-refractivity contribution in [3.8, 4) is 0 Å². The molecule has 6 nitrogen and oxygen atoms in total. The maximum absolute atomic E-state index is 13.1. The van der Waals surface area contributed by atoms with E-state index < -0.39 is 33.7 Å². The first-order valence-electron chi connectivity index (χ1n) is 11.1. The lowest BCUT2D eigenvalue weighted by Crippen LogP contribution is -2.46. The molecule has 0 aliphatic rings. The molecule has 0 spiro atoms. The Morgan fingerprint density at radius 3 is 2.09 bits per heavy atom. The average Bonchev–Trinajstić information content (AvgIpc) is 2.80. The second-order valence-electron chi connectivity index (χ2n) is 7.88. The van der Waals surface area contributed by atoms with Gasteiger partial charge in [-0.1, -0.05) is 87.4 Å². The van der Waals surface area contributed by atoms with Crippen LogP contribution in [0.2, 0.25) is 0 Å². The topological polar surface area (TPSA) is 89.5 Å². The molecule has 7 heteroatoms. The molecule has 1 N–H and O–H groups in total. The van der Waals surface area contributed by atoms with Crippen LogP contribution in [-0.2, 0) is 37.2 Å². The molecule has 1 unspecified atom stereocenters. The van der Waals surface area contributed by atoms with Crippen LogP contribution in [0.3, 0.4) is 0 Å². The first kappa shape index (κ1) is 25.6. The van der Waals surface area contributed by atoms with Crippen LogP contribution in [0.25, 0.3) is 0 Å². The summed E-state index contributed by atoms with van der Waals surface area (Å²) in [5.74, 6) is -2.03. The second kappa shape index (κ2) is 13.0. The molecule has 0 saturated heterocycles. The van der Waals surface area contributed by atoms with Gasteiger partial charge in [-0.25, -0.2) is 13.2 Å². The van der Waals surface area contributed by atoms with Gasteiger partial charge in [-0.15, -0.1) is 0 Å². The molecule has 0 aromatic heterocycles. The Labute approximate surface area is 191 Å². The van der Waals surface area contributed by atoms with E-state index in [0.29, 0.717) is 6.42 Å². The number of sulfone groups is 1. The fraction of sp³-hybridized carbons (Fsp3) is 0.440. The standard InChI is InChI=1S/C25H33NO5S/c1-3-5-16-23(25(28)31-18-21-14-10-7-11-15-21)26-24(27)22(19-32(29,30)4-2)17-20-12-8-6-9-13-20/h6-15,22-23H,3-5,16-19H2,1-2H3,(H,26,27)/t22?,23-/m0/s1. The Morgan fingerprint density at radius 1 is 0.938 bits per heavy atom. The SMILES string of the molecule is CCCC[C@H](NC(=O)C(Cc1ccccc1)CS(=O)(=O)CC)C(=O)OCc1ccccc1. The Kier molecular flexibility index (Phi) is 10.4. The zero-order chi connectivity index (χ0) is 23.4. The molecule has 1 amide bonds. The van der Waals surface area contributed by atoms with Crippen LogP contribution in [0.4, 0.5) is 0 Å². The molecule has 2 rings (SSSR count). The largest absolute Gasteiger partial charge is 0.459 e. The number of carbonyl (C=O) groups excluding carboxylic acids is 2. The lowest BCUT2D eigenvalue weighted by atomic mass is 9.99. The lowest BCUT2D eigenvalue weighted by Gasteiger charge is -2.22. The molecule has 0 aliphatic carbocycles. The van der Waals surface area contributed by atoms with Crippen molar-refractivity contribution in [1.82, 2.24) is 5.32 Å². The maximum atomic E-state index is 13.1. The molecule has 2 aromatic rings. The van der Waals surface area contributed by atoms with Crippen molar-refractivity contribution >= 4 is 21.7 Å². The number of rotatable bonds is 13. The number of esters is 1. The molecule has 0 radical (unpaired) electrons. The van der Waals surface area contributed by atoms with Gasteiger partial charge in [-0.2, -0.15) is 0 Å². The Balaban J connectivity index is 2.11. The van der Waals surface area contributed by atoms with Gasteiger partial charge in [0.05, 0.1) is 11.7 Å². The normalized spacial score (nSPS) is 13.2. The van der Waals surface area contributed by atoms with Crippen molar-refractivity contribution < 1.29 is 22.7 Å². The number of nitrogens with one attached hydrogen (secondary N) is 1. The minimum atomic E-state index is -3.38. The molecular formula is C25H33NO5S. The fourth-order valence-corrected chi connectivity index (χ4v) is 4.44. The van der Waals surface area contributed by atoms with E-state index in [1.165, 1.54) is 0 Å². The van der Waals surface area contributed by atoms with Crippen molar-refractivity contribution in [3.63, 3.8) is 0 Å². The van der Waals surface area contributed by atoms with Crippen LogP contribution in [-0.4, -0.2) is 37.8 Å². The van der Waals surface area contributed by atoms with Crippen molar-refractivity contribution in [1.29, 1.82) is 0 Å². The number of unbranched alkanes of at least 4 members (excludes halogenated alkanes) is 1. The summed E-state index contributed by atoms with van der Waals surface area (Å²) < 4.78 is 30.0. The van der Waals surface area contributed by atoms with E-state index in [0.717, 1.165) is 24.0 Å². The number of hydrogen-bond donors (Lipinski definition) is 1. The van der Waals surface area contributed by atoms with Gasteiger partial charge >= 0.3 is 5.97 Å². The van der Waals surface area contributed by atoms with Gasteiger partial charge < -0.3 is 10.1 Å². The van der Waals surface area contributed by atoms with Crippen molar-refractivity contribution in [2.24, 2.45) is 5.92 Å². The number of carbonyl (C=O) groups is 2. The van der Waals surface area contributed by atoms with E-state index in [1.54, 1.807) is 6.92 Å². The van der Waals surface area contributed by atoms with Crippen molar-refractivity contribution in [2.45, 2.75) is 52.2 Å². The molecule has 2 aromatic carbocycles. The Morgan fingerprint density at radius 2 is 1.53 bits per heavy atom. The molecular weight excluding hydrogens is 426 g/mol. The summed E-state index contributed by atoms with van der Waals surface area (Å²) in [5, 5.41) is 2.78. The minimum absolute atomic E-state index is 0.0377. The third kappa shape index (κ3) is 8.83. The summed E-state index contributed by atoms with van der Waals surface area (Å²) >= 11 is 0. The van der Waals surface area contributed by atoms with Gasteiger partial charge in [-0.3, -0.25) is 4.79 Å². The molecule has 0 saturated carbocycles. The van der Waals surface area contributed by atoms with Crippen molar-refractivity contribution in [3.05, 3.63) is 71.8 Å². The van der Waals surface area contributed by atoms with Gasteiger partial charge in [0.15, 0.2) is 9.84 Å². The van der Waals surface area contributed by atoms with Gasteiger partial charge in [0.2, 0.25) is 5.91 Å². The summed E-state index contributed by atoms with van der Waals surface area (Å²) in [6.45, 7) is 3.69. The third-order valence-corrected chi connectivity index (χ3v) is 7.05. The first-order valence-corrected chi connectivity index (χ1v) is 12.9. The third-order valence-electron chi connectivity index (χ3n) is 5.26. The van der Waals surface area contributed by atoms with E-state index in [4.69, 9.17) is 4.74 Å². The van der Waals surface area contributed by atoms with E-state index in [-0.39, 0.29) is 24.5 Å². The molecule has 0 bridgehead atoms. The predicted molar refractivity (Wildman–Crippen MR) is 126 cm³/mol. The van der Waals surface area contributed by atoms with Crippen LogP contribution in [0.15, 0.2) is 60.7 Å². The zero-order valence-electron chi connectivity index (χ0n) is 18.8. The highest BCUT2D eigenvalue weighted by molar-refractivity contribution is 7.91.